The highest BCUT2D eigenvalue weighted by Gasteiger charge is 2.48. The van der Waals surface area contributed by atoms with E-state index in [0.29, 0.717) is 0 Å². The van der Waals surface area contributed by atoms with E-state index in [0.717, 1.165) is 48.5 Å². The Morgan fingerprint density at radius 2 is 0.514 bits per heavy atom. The van der Waals surface area contributed by atoms with Gasteiger partial charge in [0.25, 0.3) is 35.4 Å². The number of carbonyl (C=O) groups is 21. The van der Waals surface area contributed by atoms with Crippen LogP contribution in [0.2, 0.25) is 0 Å². The number of aliphatic hydroxyl groups excluding tert-OH is 4. The van der Waals surface area contributed by atoms with E-state index >= 15 is 52.7 Å². The van der Waals surface area contributed by atoms with Crippen LogP contribution in [0.25, 0.3) is 0 Å². The van der Waals surface area contributed by atoms with Gasteiger partial charge < -0.3 is 138 Å². The van der Waals surface area contributed by atoms with Crippen LogP contribution in [0.3, 0.4) is 0 Å². The van der Waals surface area contributed by atoms with E-state index in [9.17, 15) is 68.4 Å². The Kier molecular flexibility index (Phi) is 45.0. The molecule has 0 aliphatic rings. The van der Waals surface area contributed by atoms with Crippen LogP contribution in [0.5, 0.6) is 0 Å². The minimum Gasteiger partial charge on any atom is -0.394 e. The largest absolute Gasteiger partial charge is 0.394 e. The molecule has 0 aliphatic carbocycles. The highest BCUT2D eigenvalue weighted by atomic mass is 16.3. The number of nitrogens with zero attached hydrogens (tertiary/aromatic N) is 7. The molecule has 760 valence electrons. The Morgan fingerprint density at radius 3 is 0.707 bits per heavy atom. The lowest BCUT2D eigenvalue weighted by atomic mass is 9.99. The van der Waals surface area contributed by atoms with Crippen LogP contribution in [0.15, 0.2) is 111 Å². The molecule has 0 saturated carbocycles. The predicted octanol–water partition coefficient (Wildman–Crippen LogP) is -12.2. The van der Waals surface area contributed by atoms with Gasteiger partial charge in [0.05, 0.1) is 74.5 Å². The van der Waals surface area contributed by atoms with E-state index in [2.05, 4.69) is 114 Å². The zero-order valence-corrected chi connectivity index (χ0v) is 78.0. The number of imidazole rings is 4. The third-order valence-electron chi connectivity index (χ3n) is 21.2. The Labute approximate surface area is 800 Å². The zero-order chi connectivity index (χ0) is 104. The number of H-pyrrole nitrogens is 4. The maximum atomic E-state index is 16.4. The minimum absolute atomic E-state index is 0.00375. The smallest absolute Gasteiger partial charge is 0.254 e. The Hall–Kier alpha value is -15.5. The normalized spacial score (nSPS) is 14.8. The van der Waals surface area contributed by atoms with Crippen molar-refractivity contribution < 1.29 is 121 Å². The van der Waals surface area contributed by atoms with Crippen LogP contribution in [-0.2, 0) is 139 Å². The first-order chi connectivity index (χ1) is 66.4. The van der Waals surface area contributed by atoms with Gasteiger partial charge in [-0.1, -0.05) is 74.5 Å². The highest BCUT2D eigenvalue weighted by Crippen LogP contribution is 2.19. The van der Waals surface area contributed by atoms with Gasteiger partial charge in [0, 0.05) is 111 Å². The van der Waals surface area contributed by atoms with Gasteiger partial charge in [-0.2, -0.15) is 0 Å². The number of rotatable bonds is 55. The summed E-state index contributed by atoms with van der Waals surface area (Å²) in [4.78, 5) is 330. The number of aromatic nitrogens is 8. The summed E-state index contributed by atoms with van der Waals surface area (Å²) in [6.45, 7) is 1.66. The fourth-order valence-corrected chi connectivity index (χ4v) is 14.2. The number of primary amides is 1. The summed E-state index contributed by atoms with van der Waals surface area (Å²) < 4.78 is 0. The summed E-state index contributed by atoms with van der Waals surface area (Å²) in [5.41, 5.74) is 25.7. The molecular formula is C86H121N29O25. The van der Waals surface area contributed by atoms with Crippen LogP contribution < -0.4 is 97.4 Å². The molecule has 54 heteroatoms. The van der Waals surface area contributed by atoms with Gasteiger partial charge in [0.1, 0.15) is 103 Å². The van der Waals surface area contributed by atoms with Gasteiger partial charge in [0.15, 0.2) is 0 Å². The maximum Gasteiger partial charge on any atom is 0.254 e. The van der Waals surface area contributed by atoms with Crippen molar-refractivity contribution in [1.29, 1.82) is 0 Å². The number of aromatic amines is 4. The molecule has 0 radical (unpaired) electrons. The van der Waals surface area contributed by atoms with Gasteiger partial charge in [0.2, 0.25) is 88.6 Å². The van der Waals surface area contributed by atoms with Gasteiger partial charge in [-0.05, 0) is 44.2 Å². The minimum atomic E-state index is -2.42. The Bertz CT molecular complexity index is 4780. The van der Waals surface area contributed by atoms with Crippen LogP contribution in [0.4, 0.5) is 0 Å². The summed E-state index contributed by atoms with van der Waals surface area (Å²) in [5, 5.41) is 76.2. The van der Waals surface area contributed by atoms with Crippen LogP contribution >= 0.6 is 0 Å². The van der Waals surface area contributed by atoms with Crippen molar-refractivity contribution >= 4 is 124 Å². The van der Waals surface area contributed by atoms with Gasteiger partial charge in [-0.3, -0.25) is 115 Å². The second kappa shape index (κ2) is 55.6. The monoisotopic (exact) mass is 1960 g/mol. The first-order valence-electron chi connectivity index (χ1n) is 44.0. The third-order valence-corrected chi connectivity index (χ3v) is 21.2. The highest BCUT2D eigenvalue weighted by molar-refractivity contribution is 6.11. The van der Waals surface area contributed by atoms with E-state index < -0.39 is 286 Å². The van der Waals surface area contributed by atoms with Crippen molar-refractivity contribution in [1.82, 2.24) is 129 Å². The van der Waals surface area contributed by atoms with Crippen molar-refractivity contribution in [3.05, 3.63) is 145 Å². The molecule has 0 fully saturated rings. The molecule has 2 aromatic carbocycles. The molecule has 140 heavy (non-hydrogen) atoms. The predicted molar refractivity (Wildman–Crippen MR) is 487 cm³/mol. The van der Waals surface area contributed by atoms with E-state index in [-0.39, 0.29) is 86.6 Å². The summed E-state index contributed by atoms with van der Waals surface area (Å²) in [6.07, 6.45) is 7.61. The molecule has 54 nitrogen and oxygen atoms in total. The molecular weight excluding hydrogens is 1840 g/mol. The summed E-state index contributed by atoms with van der Waals surface area (Å²) in [5.74, 6) is -27.4. The molecule has 6 rings (SSSR count). The average Bonchev–Trinajstić information content (AvgIpc) is 1.49. The summed E-state index contributed by atoms with van der Waals surface area (Å²) in [6, 6.07) is -19.4. The quantitative estimate of drug-likeness (QED) is 0.0169. The molecule has 0 spiro atoms. The molecule has 17 atom stereocenters. The SMILES string of the molecule is CC(=O)N[C@@H](Cc1c[nH]cn1)C(=O)N[C@@H](CO)C(=O)N(C(=O)[C@H](CO)NC(=O)[C@H](Cc1c[nH]cn1)NC(C)=O)[C@@H](CN)C(=O)N[C@@H](C)C(=O)N[C@@H](Cc1ccccc1)C(=O)N(C(=O)[C@H](Cc1ccccc1)NC(=O)[C@H](C)NC(=O)[C@H](CN)N(C(=O)[C@H](CO)NC(=O)[C@H](Cc1c[nH]cn1)NC(C)=O)C(=O)[C@H](CO)NC(=O)[C@H](Cc1c[nH]cn1)NC(C)=O)[C@@H](CN)C(=O)N[C@@H](C)C(=O)N[C@@H](CC(C)C)C(N)=O. The van der Waals surface area contributed by atoms with Crippen molar-refractivity contribution in [2.75, 3.05) is 46.1 Å². The van der Waals surface area contributed by atoms with Crippen molar-refractivity contribution in [2.45, 2.75) is 210 Å². The average molecular weight is 1960 g/mol. The first kappa shape index (κ1) is 113. The Morgan fingerprint density at radius 1 is 0.293 bits per heavy atom. The molecule has 0 saturated heterocycles. The summed E-state index contributed by atoms with van der Waals surface area (Å²) >= 11 is 0. The van der Waals surface area contributed by atoms with Crippen LogP contribution in [0.1, 0.15) is 103 Å². The lowest BCUT2D eigenvalue weighted by Gasteiger charge is -2.36. The number of carbonyl (C=O) groups excluding carboxylic acids is 21. The molecule has 0 unspecified atom stereocenters. The molecule has 30 N–H and O–H groups in total. The Balaban J connectivity index is 1.47. The summed E-state index contributed by atoms with van der Waals surface area (Å²) in [7, 11) is 0. The molecule has 0 bridgehead atoms. The maximum absolute atomic E-state index is 16.4. The lowest BCUT2D eigenvalue weighted by Crippen LogP contribution is -2.67. The molecule has 0 aliphatic heterocycles. The van der Waals surface area contributed by atoms with E-state index in [4.69, 9.17) is 22.9 Å². The number of aliphatic hydroxyl groups is 4. The second-order valence-corrected chi connectivity index (χ2v) is 32.7. The van der Waals surface area contributed by atoms with Crippen LogP contribution in [-0.4, -0.2) is 348 Å². The van der Waals surface area contributed by atoms with Gasteiger partial charge >= 0.3 is 0 Å². The number of hydrogen-bond donors (Lipinski definition) is 26. The van der Waals surface area contributed by atoms with E-state index in [1.165, 1.54) is 111 Å². The fourth-order valence-electron chi connectivity index (χ4n) is 14.2. The van der Waals surface area contributed by atoms with Crippen LogP contribution in [0, 0.1) is 5.92 Å². The van der Waals surface area contributed by atoms with E-state index in [1.54, 1.807) is 13.8 Å². The van der Waals surface area contributed by atoms with Crippen molar-refractivity contribution in [2.24, 2.45) is 28.9 Å². The first-order valence-corrected chi connectivity index (χ1v) is 44.0. The number of imide groups is 3. The zero-order valence-electron chi connectivity index (χ0n) is 78.0. The molecule has 21 amide bonds. The number of nitrogens with two attached hydrogens (primary N) is 4. The van der Waals surface area contributed by atoms with Crippen molar-refractivity contribution in [3.63, 3.8) is 0 Å². The third kappa shape index (κ3) is 34.0. The molecule has 6 aromatic rings. The fraction of sp³-hybridized carbons (Fsp3) is 0.477. The van der Waals surface area contributed by atoms with Crippen molar-refractivity contribution in [3.8, 4) is 0 Å². The topological polar surface area (TPSA) is 836 Å². The number of hydrogen-bond acceptors (Lipinski definition) is 32. The van der Waals surface area contributed by atoms with E-state index in [1.807, 2.05) is 0 Å². The standard InChI is InChI=1S/C86H121N29O25/c1-42(2)20-56(70(90)124)106-71(125)43(3)99-78(132)67(27-87)113(81(135)61(21-50-16-12-10-13-17-50)107-72(126)44(4)100-79(133)68(28-88)114(83(137)63(34-116)109-74(128)57(102-46(6)120)23-52-30-91-38-95-52)84(138)64(35-117)110-75(129)58(103-47(7)121)24-53-31-92-39-96-53)82(136)62(22-51-18-14-11-15-19-51)108-73(127)45(5)101-80(134)69(29-89)115(85(139)65(36-118)111-76(130)59(104-48(8)122)25-54-32-93-40-97-54)86(140)66(37-119)112-77(131)60(105-49(9)123)26-55-33-94-41-98-55/h10-19,30-33,38-45,56-69,116-119H,20-29,34-37,87-89H2,1-9H3,(H2,90,124)(H,91,95)(H,92,96)(H,93,97)(H,94,98)(H,99,132)(H,100,133)(H,101,134)(H,102,120)(H,103,121)(H,104,122)(H,105,123)(H,106,125)(H,107,126)(H,108,127)(H,109,128)(H,110,129)(H,111,130)(H,112,131)/t43-,44-,45-,56-,57-,58-,59-,60-,61-,62-,63-,64-,65-,66-,67-,68-,69-/m0/s1. The van der Waals surface area contributed by atoms with Gasteiger partial charge in [-0.15, -0.1) is 0 Å². The lowest BCUT2D eigenvalue weighted by molar-refractivity contribution is -0.157. The number of amides is 21. The van der Waals surface area contributed by atoms with Gasteiger partial charge in [-0.25, -0.2) is 19.9 Å². The number of benzene rings is 2. The molecule has 4 heterocycles. The number of nitrogens with one attached hydrogen (secondary N) is 18. The molecule has 4 aromatic heterocycles. The second-order valence-electron chi connectivity index (χ2n) is 32.7.